The van der Waals surface area contributed by atoms with Gasteiger partial charge in [-0.25, -0.2) is 4.79 Å². The molecule has 2 aliphatic rings. The van der Waals surface area contributed by atoms with E-state index in [-0.39, 0.29) is 18.1 Å². The van der Waals surface area contributed by atoms with E-state index < -0.39 is 12.1 Å². The van der Waals surface area contributed by atoms with E-state index in [1.54, 1.807) is 7.05 Å². The van der Waals surface area contributed by atoms with Crippen LogP contribution in [0.2, 0.25) is 0 Å². The first-order chi connectivity index (χ1) is 14.6. The number of nitrogens with zero attached hydrogens (tertiary/aromatic N) is 2. The number of carbonyl (C=O) groups is 2. The number of carboxylic acid groups (broad SMARTS) is 1. The van der Waals surface area contributed by atoms with Gasteiger partial charge in [0.15, 0.2) is 0 Å². The summed E-state index contributed by atoms with van der Waals surface area (Å²) < 4.78 is 40.0. The van der Waals surface area contributed by atoms with Crippen molar-refractivity contribution < 1.29 is 32.6 Å². The fourth-order valence-electron chi connectivity index (χ4n) is 4.34. The average Bonchev–Trinajstić information content (AvgIpc) is 3.28. The number of hydrogen-bond donors (Lipinski definition) is 2. The number of para-hydroxylation sites is 1. The first-order valence-electron chi connectivity index (χ1n) is 10.1. The molecule has 10 heteroatoms. The molecule has 0 aliphatic carbocycles. The van der Waals surface area contributed by atoms with Gasteiger partial charge in [-0.15, -0.1) is 0 Å². The van der Waals surface area contributed by atoms with Gasteiger partial charge < -0.3 is 19.7 Å². The highest BCUT2D eigenvalue weighted by Crippen LogP contribution is 2.33. The summed E-state index contributed by atoms with van der Waals surface area (Å²) in [6, 6.07) is 9.01. The van der Waals surface area contributed by atoms with Crippen LogP contribution in [0.4, 0.5) is 13.2 Å². The quantitative estimate of drug-likeness (QED) is 0.765. The molecule has 4 rings (SSSR count). The van der Waals surface area contributed by atoms with E-state index in [2.05, 4.69) is 52.3 Å². The third-order valence-electron chi connectivity index (χ3n) is 5.80. The lowest BCUT2D eigenvalue weighted by Gasteiger charge is -2.35. The third kappa shape index (κ3) is 5.19. The van der Waals surface area contributed by atoms with Crippen LogP contribution in [-0.4, -0.2) is 64.5 Å². The number of alkyl halides is 3. The summed E-state index contributed by atoms with van der Waals surface area (Å²) in [4.78, 5) is 23.3. The van der Waals surface area contributed by atoms with Crippen LogP contribution in [-0.2, 0) is 27.9 Å². The third-order valence-corrected chi connectivity index (χ3v) is 5.80. The molecular weight excluding hydrogens is 415 g/mol. The van der Waals surface area contributed by atoms with Crippen LogP contribution in [0.5, 0.6) is 0 Å². The van der Waals surface area contributed by atoms with E-state index in [0.717, 1.165) is 32.4 Å². The van der Waals surface area contributed by atoms with Crippen molar-refractivity contribution in [2.45, 2.75) is 50.2 Å². The number of halogens is 3. The van der Waals surface area contributed by atoms with Crippen molar-refractivity contribution in [2.24, 2.45) is 7.05 Å². The van der Waals surface area contributed by atoms with Crippen LogP contribution in [0.15, 0.2) is 30.5 Å². The van der Waals surface area contributed by atoms with Gasteiger partial charge in [-0.05, 0) is 30.9 Å². The highest BCUT2D eigenvalue weighted by Gasteiger charge is 2.41. The number of rotatable bonds is 3. The van der Waals surface area contributed by atoms with Gasteiger partial charge in [-0.3, -0.25) is 9.69 Å². The van der Waals surface area contributed by atoms with Gasteiger partial charge in [0.1, 0.15) is 6.10 Å². The van der Waals surface area contributed by atoms with Gasteiger partial charge in [-0.1, -0.05) is 18.2 Å². The molecular formula is C21H26F3N3O4. The van der Waals surface area contributed by atoms with Crippen LogP contribution < -0.4 is 5.32 Å². The molecule has 1 aromatic carbocycles. The average molecular weight is 441 g/mol. The molecule has 3 heterocycles. The molecule has 0 spiro atoms. The highest BCUT2D eigenvalue weighted by molar-refractivity contribution is 5.83. The van der Waals surface area contributed by atoms with E-state index in [4.69, 9.17) is 14.6 Å². The smallest absolute Gasteiger partial charge is 0.475 e. The van der Waals surface area contributed by atoms with Crippen LogP contribution in [0.1, 0.15) is 24.8 Å². The number of hydrogen-bond acceptors (Lipinski definition) is 4. The number of aliphatic carboxylic acids is 1. The number of nitrogens with one attached hydrogen (secondary N) is 1. The maximum absolute atomic E-state index is 11.8. The molecule has 2 saturated heterocycles. The highest BCUT2D eigenvalue weighted by atomic mass is 19.4. The van der Waals surface area contributed by atoms with Crippen molar-refractivity contribution in [2.75, 3.05) is 13.6 Å². The number of likely N-dealkylation sites (N-methyl/N-ethyl adjacent to an activating group) is 1. The predicted molar refractivity (Wildman–Crippen MR) is 107 cm³/mol. The number of fused-ring (bicyclic) bond motifs is 2. The Balaban J connectivity index is 0.000000339. The summed E-state index contributed by atoms with van der Waals surface area (Å²) in [5, 5.41) is 11.2. The molecule has 2 aromatic rings. The summed E-state index contributed by atoms with van der Waals surface area (Å²) in [5.41, 5.74) is 2.66. The summed E-state index contributed by atoms with van der Waals surface area (Å²) in [7, 11) is 3.79. The number of aryl methyl sites for hydroxylation is 1. The minimum absolute atomic E-state index is 0.0148. The Morgan fingerprint density at radius 3 is 2.55 bits per heavy atom. The Morgan fingerprint density at radius 1 is 1.23 bits per heavy atom. The van der Waals surface area contributed by atoms with Gasteiger partial charge in [0.2, 0.25) is 5.91 Å². The number of aromatic nitrogens is 1. The number of carboxylic acids is 1. The topological polar surface area (TPSA) is 83.8 Å². The van der Waals surface area contributed by atoms with Crippen molar-refractivity contribution in [3.8, 4) is 0 Å². The molecule has 7 nitrogen and oxygen atoms in total. The minimum atomic E-state index is -5.08. The van der Waals surface area contributed by atoms with Crippen molar-refractivity contribution in [1.29, 1.82) is 0 Å². The zero-order chi connectivity index (χ0) is 22.8. The number of likely N-dealkylation sites (tertiary alicyclic amines) is 1. The van der Waals surface area contributed by atoms with Gasteiger partial charge in [0, 0.05) is 50.3 Å². The second-order valence-corrected chi connectivity index (χ2v) is 7.77. The molecule has 1 aromatic heterocycles. The summed E-state index contributed by atoms with van der Waals surface area (Å²) in [5.74, 6) is -2.74. The second kappa shape index (κ2) is 9.27. The zero-order valence-electron chi connectivity index (χ0n) is 17.4. The largest absolute Gasteiger partial charge is 0.490 e. The number of carbonyl (C=O) groups excluding carboxylic acids is 1. The predicted octanol–water partition coefficient (Wildman–Crippen LogP) is 2.68. The number of amides is 1. The van der Waals surface area contributed by atoms with Crippen LogP contribution in [0, 0.1) is 0 Å². The normalized spacial score (nSPS) is 23.7. The first-order valence-corrected chi connectivity index (χ1v) is 10.1. The monoisotopic (exact) mass is 441 g/mol. The zero-order valence-corrected chi connectivity index (χ0v) is 17.4. The van der Waals surface area contributed by atoms with E-state index in [1.165, 1.54) is 16.5 Å². The van der Waals surface area contributed by atoms with Gasteiger partial charge in [0.25, 0.3) is 0 Å². The van der Waals surface area contributed by atoms with Crippen molar-refractivity contribution in [1.82, 2.24) is 14.8 Å². The summed E-state index contributed by atoms with van der Waals surface area (Å²) in [6.07, 6.45) is -0.0528. The lowest BCUT2D eigenvalue weighted by molar-refractivity contribution is -0.192. The number of ether oxygens (including phenoxy) is 1. The molecule has 2 fully saturated rings. The SMILES string of the molecule is CNC(=O)[C@@H]1CC[C@@H]2[C@@H](CCN2Cc2cn(C)c3ccccc23)O1.O=C(O)C(F)(F)F. The molecule has 31 heavy (non-hydrogen) atoms. The lowest BCUT2D eigenvalue weighted by Crippen LogP contribution is -2.47. The Morgan fingerprint density at radius 2 is 1.90 bits per heavy atom. The Labute approximate surface area is 177 Å². The van der Waals surface area contributed by atoms with Crippen molar-refractivity contribution in [3.05, 3.63) is 36.0 Å². The van der Waals surface area contributed by atoms with Gasteiger partial charge >= 0.3 is 12.1 Å². The molecule has 0 unspecified atom stereocenters. The fourth-order valence-corrected chi connectivity index (χ4v) is 4.34. The molecule has 0 radical (unpaired) electrons. The first kappa shape index (κ1) is 23.1. The van der Waals surface area contributed by atoms with E-state index in [0.29, 0.717) is 6.04 Å². The molecule has 2 N–H and O–H groups in total. The van der Waals surface area contributed by atoms with Gasteiger partial charge in [-0.2, -0.15) is 13.2 Å². The van der Waals surface area contributed by atoms with Crippen LogP contribution >= 0.6 is 0 Å². The Hall–Kier alpha value is -2.59. The molecule has 0 saturated carbocycles. The van der Waals surface area contributed by atoms with E-state index in [1.807, 2.05) is 0 Å². The molecule has 3 atom stereocenters. The number of benzene rings is 1. The second-order valence-electron chi connectivity index (χ2n) is 7.77. The van der Waals surface area contributed by atoms with Gasteiger partial charge in [0.05, 0.1) is 6.10 Å². The lowest BCUT2D eigenvalue weighted by atomic mass is 9.98. The summed E-state index contributed by atoms with van der Waals surface area (Å²) >= 11 is 0. The maximum atomic E-state index is 11.8. The molecule has 1 amide bonds. The van der Waals surface area contributed by atoms with E-state index in [9.17, 15) is 18.0 Å². The summed E-state index contributed by atoms with van der Waals surface area (Å²) in [6.45, 7) is 2.00. The maximum Gasteiger partial charge on any atom is 0.490 e. The molecule has 2 aliphatic heterocycles. The minimum Gasteiger partial charge on any atom is -0.475 e. The van der Waals surface area contributed by atoms with Crippen LogP contribution in [0.3, 0.4) is 0 Å². The van der Waals surface area contributed by atoms with Crippen molar-refractivity contribution >= 4 is 22.8 Å². The Kier molecular flexibility index (Phi) is 6.90. The standard InChI is InChI=1S/C19H25N3O2.C2HF3O2/c1-20-19(23)18-8-7-16-17(24-18)9-10-22(16)12-13-11-21(2)15-6-4-3-5-14(13)15;3-2(4,5)1(6)7/h3-6,11,16-18H,7-10,12H2,1-2H3,(H,20,23);(H,6,7)/t16-,17-,18+;/m1./s1. The van der Waals surface area contributed by atoms with Crippen LogP contribution in [0.25, 0.3) is 10.9 Å². The van der Waals surface area contributed by atoms with Crippen molar-refractivity contribution in [3.63, 3.8) is 0 Å². The molecule has 170 valence electrons. The van der Waals surface area contributed by atoms with E-state index >= 15 is 0 Å². The fraction of sp³-hybridized carbons (Fsp3) is 0.524. The molecule has 0 bridgehead atoms. The Bertz CT molecular complexity index is 944.